The summed E-state index contributed by atoms with van der Waals surface area (Å²) in [5.74, 6) is 3.14. The second-order valence-electron chi connectivity index (χ2n) is 13.5. The van der Waals surface area contributed by atoms with Crippen LogP contribution >= 0.6 is 0 Å². The Kier molecular flexibility index (Phi) is 5.96. The third kappa shape index (κ3) is 4.07. The van der Waals surface area contributed by atoms with Gasteiger partial charge >= 0.3 is 0 Å². The molecule has 3 atom stereocenters. The van der Waals surface area contributed by atoms with Crippen LogP contribution in [0, 0.1) is 17.8 Å². The summed E-state index contributed by atoms with van der Waals surface area (Å²) in [7, 11) is 3.49. The van der Waals surface area contributed by atoms with Gasteiger partial charge in [0.1, 0.15) is 16.9 Å². The number of fused-ring (bicyclic) bond motifs is 4. The van der Waals surface area contributed by atoms with Crippen LogP contribution in [0.15, 0.2) is 36.5 Å². The molecule has 3 aliphatic carbocycles. The molecule has 9 heteroatoms. The average Bonchev–Trinajstić information content (AvgIpc) is 3.35. The molecule has 0 spiro atoms. The number of imidazole rings is 1. The van der Waals surface area contributed by atoms with E-state index in [-0.39, 0.29) is 23.6 Å². The van der Waals surface area contributed by atoms with Gasteiger partial charge in [-0.05, 0) is 93.5 Å². The highest BCUT2D eigenvalue weighted by Crippen LogP contribution is 2.44. The molecule has 1 amide bonds. The van der Waals surface area contributed by atoms with Crippen LogP contribution in [0.1, 0.15) is 55.8 Å². The molecule has 4 fully saturated rings. The number of benzene rings is 1. The van der Waals surface area contributed by atoms with E-state index in [1.54, 1.807) is 14.2 Å². The largest absolute Gasteiger partial charge is 0.494 e. The minimum atomic E-state index is -0.0777. The highest BCUT2D eigenvalue weighted by atomic mass is 16.5. The van der Waals surface area contributed by atoms with E-state index in [9.17, 15) is 4.79 Å². The number of piperidine rings is 1. The lowest BCUT2D eigenvalue weighted by Crippen LogP contribution is -2.44. The molecular formula is C33H40N6O3. The van der Waals surface area contributed by atoms with Gasteiger partial charge in [-0.15, -0.1) is 0 Å². The monoisotopic (exact) mass is 568 g/mol. The van der Waals surface area contributed by atoms with Crippen LogP contribution in [0.25, 0.3) is 33.6 Å². The van der Waals surface area contributed by atoms with Gasteiger partial charge in [-0.2, -0.15) is 0 Å². The Morgan fingerprint density at radius 3 is 2.57 bits per heavy atom. The number of nitrogens with zero attached hydrogens (tertiary/aromatic N) is 5. The fraction of sp³-hybridized carbons (Fsp3) is 0.545. The first kappa shape index (κ1) is 26.2. The predicted molar refractivity (Wildman–Crippen MR) is 161 cm³/mol. The zero-order valence-electron chi connectivity index (χ0n) is 24.8. The van der Waals surface area contributed by atoms with Crippen molar-refractivity contribution in [2.24, 2.45) is 23.5 Å². The van der Waals surface area contributed by atoms with Crippen LogP contribution in [-0.2, 0) is 17.8 Å². The summed E-state index contributed by atoms with van der Waals surface area (Å²) in [5.41, 5.74) is 10.8. The first-order chi connectivity index (χ1) is 20.4. The van der Waals surface area contributed by atoms with Crippen LogP contribution < -0.4 is 10.5 Å². The molecule has 220 valence electrons. The lowest BCUT2D eigenvalue weighted by molar-refractivity contribution is -0.0937. The van der Waals surface area contributed by atoms with E-state index in [0.717, 1.165) is 78.9 Å². The molecule has 0 radical (unpaired) electrons. The quantitative estimate of drug-likeness (QED) is 0.326. The molecule has 3 aromatic heterocycles. The second kappa shape index (κ2) is 9.54. The fourth-order valence-corrected chi connectivity index (χ4v) is 8.06. The Morgan fingerprint density at radius 1 is 1.07 bits per heavy atom. The Morgan fingerprint density at radius 2 is 1.88 bits per heavy atom. The average molecular weight is 569 g/mol. The SMILES string of the molecule is COc1cc(C(=O)N2C[C@H]3CCC2C3N)cc2nc(-c3cc4cccnc4n3CC3CC3)n(CC3CC(C)(OC)C3)c12. The van der Waals surface area contributed by atoms with Crippen LogP contribution in [0.2, 0.25) is 0 Å². The van der Waals surface area contributed by atoms with E-state index < -0.39 is 0 Å². The summed E-state index contributed by atoms with van der Waals surface area (Å²) < 4.78 is 16.5. The molecule has 2 bridgehead atoms. The van der Waals surface area contributed by atoms with E-state index in [4.69, 9.17) is 25.2 Å². The standard InChI is InChI=1S/C33H40N6O3/c1-33(42-3)14-20(15-33)17-39-29-24(11-23(13-27(29)41-2)32(40)38-18-22-8-9-25(38)28(22)34)36-31(39)26-12-21-5-4-10-35-30(21)37(26)16-19-6-7-19/h4-5,10-13,19-20,22,25,28H,6-9,14-18,34H2,1-3H3/t20?,22-,25?,28?,33?/m1/s1. The molecule has 4 aliphatic rings. The number of methoxy groups -OCH3 is 2. The molecular weight excluding hydrogens is 528 g/mol. The first-order valence-corrected chi connectivity index (χ1v) is 15.5. The molecule has 2 unspecified atom stereocenters. The molecule has 1 saturated heterocycles. The van der Waals surface area contributed by atoms with Crippen LogP contribution in [-0.4, -0.2) is 68.4 Å². The normalized spacial score (nSPS) is 28.6. The highest BCUT2D eigenvalue weighted by Gasteiger charge is 2.47. The summed E-state index contributed by atoms with van der Waals surface area (Å²) in [5, 5.41) is 1.12. The van der Waals surface area contributed by atoms with Crippen LogP contribution in [0.5, 0.6) is 5.75 Å². The van der Waals surface area contributed by atoms with Gasteiger partial charge in [0.05, 0.1) is 23.9 Å². The number of ether oxygens (including phenoxy) is 2. The molecule has 1 aliphatic heterocycles. The number of hydrogen-bond acceptors (Lipinski definition) is 6. The maximum atomic E-state index is 13.8. The summed E-state index contributed by atoms with van der Waals surface area (Å²) in [6, 6.07) is 10.4. The van der Waals surface area contributed by atoms with Crippen molar-refractivity contribution in [2.45, 2.75) is 76.2 Å². The predicted octanol–water partition coefficient (Wildman–Crippen LogP) is 4.85. The van der Waals surface area contributed by atoms with Gasteiger partial charge < -0.3 is 29.2 Å². The van der Waals surface area contributed by atoms with Crippen molar-refractivity contribution in [3.05, 3.63) is 42.1 Å². The molecule has 4 heterocycles. The Labute approximate surface area is 246 Å². The molecule has 9 nitrogen and oxygen atoms in total. The summed E-state index contributed by atoms with van der Waals surface area (Å²) >= 11 is 0. The number of rotatable bonds is 8. The van der Waals surface area contributed by atoms with E-state index in [1.807, 2.05) is 29.3 Å². The van der Waals surface area contributed by atoms with Crippen LogP contribution in [0.4, 0.5) is 0 Å². The summed E-state index contributed by atoms with van der Waals surface area (Å²) in [6.07, 6.45) is 8.45. The van der Waals surface area contributed by atoms with Gasteiger partial charge in [-0.25, -0.2) is 9.97 Å². The van der Waals surface area contributed by atoms with E-state index in [2.05, 4.69) is 28.2 Å². The highest BCUT2D eigenvalue weighted by molar-refractivity contribution is 6.00. The van der Waals surface area contributed by atoms with E-state index in [0.29, 0.717) is 29.1 Å². The number of likely N-dealkylation sites (tertiary alicyclic amines) is 1. The molecule has 8 rings (SSSR count). The van der Waals surface area contributed by atoms with Crippen molar-refractivity contribution >= 4 is 28.0 Å². The number of hydrogen-bond donors (Lipinski definition) is 1. The second-order valence-corrected chi connectivity index (χ2v) is 13.5. The van der Waals surface area contributed by atoms with Crippen molar-refractivity contribution < 1.29 is 14.3 Å². The lowest BCUT2D eigenvalue weighted by atomic mass is 9.72. The van der Waals surface area contributed by atoms with Gasteiger partial charge in [0.25, 0.3) is 5.91 Å². The Hall–Kier alpha value is -3.43. The maximum Gasteiger partial charge on any atom is 0.254 e. The van der Waals surface area contributed by atoms with Crippen molar-refractivity contribution in [3.8, 4) is 17.3 Å². The number of carbonyl (C=O) groups excluding carboxylic acids is 1. The van der Waals surface area contributed by atoms with Gasteiger partial charge in [-0.3, -0.25) is 4.79 Å². The molecule has 3 saturated carbocycles. The number of carbonyl (C=O) groups is 1. The summed E-state index contributed by atoms with van der Waals surface area (Å²) in [4.78, 5) is 25.9. The smallest absolute Gasteiger partial charge is 0.254 e. The zero-order chi connectivity index (χ0) is 28.7. The summed E-state index contributed by atoms with van der Waals surface area (Å²) in [6.45, 7) is 4.66. The molecule has 1 aromatic carbocycles. The molecule has 2 N–H and O–H groups in total. The number of aromatic nitrogens is 4. The van der Waals surface area contributed by atoms with Gasteiger partial charge in [0.2, 0.25) is 0 Å². The third-order valence-electron chi connectivity index (χ3n) is 10.6. The van der Waals surface area contributed by atoms with Crippen molar-refractivity contribution in [3.63, 3.8) is 0 Å². The number of pyridine rings is 1. The third-order valence-corrected chi connectivity index (χ3v) is 10.6. The topological polar surface area (TPSA) is 100 Å². The van der Waals surface area contributed by atoms with E-state index in [1.165, 1.54) is 12.8 Å². The van der Waals surface area contributed by atoms with Gasteiger partial charge in [0.15, 0.2) is 5.82 Å². The maximum absolute atomic E-state index is 13.8. The van der Waals surface area contributed by atoms with Crippen molar-refractivity contribution in [1.82, 2.24) is 24.0 Å². The number of nitrogens with two attached hydrogens (primary N) is 1. The molecule has 4 aromatic rings. The Balaban J connectivity index is 1.27. The van der Waals surface area contributed by atoms with E-state index >= 15 is 0 Å². The Bertz CT molecular complexity index is 1700. The zero-order valence-corrected chi connectivity index (χ0v) is 24.8. The minimum Gasteiger partial charge on any atom is -0.494 e. The van der Waals surface area contributed by atoms with Gasteiger partial charge in [0, 0.05) is 56.0 Å². The fourth-order valence-electron chi connectivity index (χ4n) is 8.06. The lowest BCUT2D eigenvalue weighted by Gasteiger charge is -2.44. The van der Waals surface area contributed by atoms with Gasteiger partial charge in [-0.1, -0.05) is 0 Å². The van der Waals surface area contributed by atoms with Crippen molar-refractivity contribution in [2.75, 3.05) is 20.8 Å². The first-order valence-electron chi connectivity index (χ1n) is 15.5. The van der Waals surface area contributed by atoms with Crippen molar-refractivity contribution in [1.29, 1.82) is 0 Å². The molecule has 42 heavy (non-hydrogen) atoms. The number of amides is 1. The van der Waals surface area contributed by atoms with Crippen LogP contribution in [0.3, 0.4) is 0 Å². The minimum absolute atomic E-state index is 0.0239.